The van der Waals surface area contributed by atoms with Gasteiger partial charge in [0.2, 0.25) is 10.0 Å². The summed E-state index contributed by atoms with van der Waals surface area (Å²) in [5.74, 6) is 0. The molecule has 0 fully saturated rings. The first kappa shape index (κ1) is 13.9. The lowest BCUT2D eigenvalue weighted by Crippen LogP contribution is -2.31. The van der Waals surface area contributed by atoms with E-state index in [9.17, 15) is 8.42 Å². The van der Waals surface area contributed by atoms with Gasteiger partial charge < -0.3 is 5.11 Å². The Hall–Kier alpha value is -1.17. The van der Waals surface area contributed by atoms with Crippen molar-refractivity contribution in [3.8, 4) is 0 Å². The second-order valence-corrected chi connectivity index (χ2v) is 5.49. The number of hydrogen-bond donors (Lipinski definition) is 1. The molecule has 0 unspecified atom stereocenters. The summed E-state index contributed by atoms with van der Waals surface area (Å²) < 4.78 is 25.8. The van der Waals surface area contributed by atoms with Gasteiger partial charge in [0.25, 0.3) is 0 Å². The lowest BCUT2D eigenvalue weighted by Gasteiger charge is -2.18. The second kappa shape index (κ2) is 5.95. The van der Waals surface area contributed by atoms with Gasteiger partial charge in [0.1, 0.15) is 0 Å². The van der Waals surface area contributed by atoms with Crippen molar-refractivity contribution in [2.24, 2.45) is 0 Å². The van der Waals surface area contributed by atoms with Gasteiger partial charge in [-0.2, -0.15) is 4.31 Å². The highest BCUT2D eigenvalue weighted by molar-refractivity contribution is 7.89. The molecule has 1 rings (SSSR count). The molecule has 0 spiro atoms. The Morgan fingerprint density at radius 1 is 1.47 bits per heavy atom. The third kappa shape index (κ3) is 3.15. The maximum atomic E-state index is 12.2. The summed E-state index contributed by atoms with van der Waals surface area (Å²) in [6.45, 7) is 5.81. The van der Waals surface area contributed by atoms with E-state index in [2.05, 4.69) is 6.58 Å². The Kier molecular flexibility index (Phi) is 4.86. The van der Waals surface area contributed by atoms with Crippen molar-refractivity contribution in [1.82, 2.24) is 4.31 Å². The third-order valence-corrected chi connectivity index (χ3v) is 4.34. The zero-order valence-corrected chi connectivity index (χ0v) is 10.7. The molecule has 0 aliphatic heterocycles. The summed E-state index contributed by atoms with van der Waals surface area (Å²) >= 11 is 0. The number of rotatable bonds is 6. The molecule has 1 aromatic rings. The highest BCUT2D eigenvalue weighted by Crippen LogP contribution is 2.16. The van der Waals surface area contributed by atoms with Crippen LogP contribution in [0.25, 0.3) is 0 Å². The highest BCUT2D eigenvalue weighted by atomic mass is 32.2. The van der Waals surface area contributed by atoms with Gasteiger partial charge in [0, 0.05) is 13.1 Å². The molecule has 0 atom stereocenters. The molecule has 0 radical (unpaired) electrons. The molecule has 0 aliphatic carbocycles. The van der Waals surface area contributed by atoms with Crippen LogP contribution >= 0.6 is 0 Å². The van der Waals surface area contributed by atoms with Crippen LogP contribution in [0.5, 0.6) is 0 Å². The van der Waals surface area contributed by atoms with E-state index in [-0.39, 0.29) is 18.0 Å². The van der Waals surface area contributed by atoms with E-state index in [4.69, 9.17) is 5.11 Å². The maximum Gasteiger partial charge on any atom is 0.243 e. The van der Waals surface area contributed by atoms with Crippen LogP contribution in [0.15, 0.2) is 41.8 Å². The van der Waals surface area contributed by atoms with Gasteiger partial charge in [-0.1, -0.05) is 25.1 Å². The maximum absolute atomic E-state index is 12.2. The average molecular weight is 255 g/mol. The fourth-order valence-corrected chi connectivity index (χ4v) is 2.99. The summed E-state index contributed by atoms with van der Waals surface area (Å²) in [5, 5.41) is 9.00. The quantitative estimate of drug-likeness (QED) is 0.781. The van der Waals surface area contributed by atoms with Crippen LogP contribution in [0.2, 0.25) is 0 Å². The molecule has 0 aliphatic rings. The molecular weight excluding hydrogens is 238 g/mol. The van der Waals surface area contributed by atoms with Crippen molar-refractivity contribution in [3.05, 3.63) is 42.5 Å². The summed E-state index contributed by atoms with van der Waals surface area (Å²) in [6.07, 6.45) is 1.55. The van der Waals surface area contributed by atoms with E-state index in [1.54, 1.807) is 25.1 Å². The number of nitrogens with zero attached hydrogens (tertiary/aromatic N) is 1. The molecule has 94 valence electrons. The van der Waals surface area contributed by atoms with Crippen molar-refractivity contribution in [1.29, 1.82) is 0 Å². The van der Waals surface area contributed by atoms with E-state index >= 15 is 0 Å². The standard InChI is InChI=1S/C12H17NO3S/c1-3-8-13(4-2)17(15,16)12-7-5-6-11(9-12)10-14/h3,5-7,9,14H,1,4,8,10H2,2H3. The van der Waals surface area contributed by atoms with E-state index < -0.39 is 10.0 Å². The lowest BCUT2D eigenvalue weighted by molar-refractivity contribution is 0.281. The summed E-state index contributed by atoms with van der Waals surface area (Å²) in [4.78, 5) is 0.202. The Balaban J connectivity index is 3.14. The summed E-state index contributed by atoms with van der Waals surface area (Å²) in [5.41, 5.74) is 0.584. The smallest absolute Gasteiger partial charge is 0.243 e. The minimum Gasteiger partial charge on any atom is -0.392 e. The predicted molar refractivity (Wildman–Crippen MR) is 67.0 cm³/mol. The largest absolute Gasteiger partial charge is 0.392 e. The third-order valence-electron chi connectivity index (χ3n) is 2.40. The molecule has 17 heavy (non-hydrogen) atoms. The molecule has 0 bridgehead atoms. The number of likely N-dealkylation sites (N-methyl/N-ethyl adjacent to an activating group) is 1. The molecule has 1 aromatic carbocycles. The van der Waals surface area contributed by atoms with E-state index in [1.165, 1.54) is 16.4 Å². The normalized spacial score (nSPS) is 11.7. The van der Waals surface area contributed by atoms with Crippen molar-refractivity contribution < 1.29 is 13.5 Å². The predicted octanol–water partition coefficient (Wildman–Crippen LogP) is 1.38. The number of benzene rings is 1. The molecule has 4 nitrogen and oxygen atoms in total. The molecule has 0 saturated heterocycles. The Bertz CT molecular complexity index is 482. The average Bonchev–Trinajstić information content (AvgIpc) is 2.35. The van der Waals surface area contributed by atoms with Crippen LogP contribution in [-0.2, 0) is 16.6 Å². The molecule has 0 aromatic heterocycles. The van der Waals surface area contributed by atoms with Crippen LogP contribution in [-0.4, -0.2) is 30.9 Å². The van der Waals surface area contributed by atoms with Crippen LogP contribution in [0.4, 0.5) is 0 Å². The van der Waals surface area contributed by atoms with Gasteiger partial charge in [0.15, 0.2) is 0 Å². The fraction of sp³-hybridized carbons (Fsp3) is 0.333. The zero-order chi connectivity index (χ0) is 12.9. The molecule has 1 N–H and O–H groups in total. The Morgan fingerprint density at radius 3 is 2.71 bits per heavy atom. The molecule has 0 heterocycles. The van der Waals surface area contributed by atoms with Crippen LogP contribution in [0.1, 0.15) is 12.5 Å². The minimum atomic E-state index is -3.49. The monoisotopic (exact) mass is 255 g/mol. The number of aliphatic hydroxyl groups is 1. The van der Waals surface area contributed by atoms with Crippen molar-refractivity contribution in [2.45, 2.75) is 18.4 Å². The van der Waals surface area contributed by atoms with E-state index in [0.29, 0.717) is 12.1 Å². The van der Waals surface area contributed by atoms with Gasteiger partial charge in [0.05, 0.1) is 11.5 Å². The first-order valence-electron chi connectivity index (χ1n) is 5.37. The van der Waals surface area contributed by atoms with Crippen LogP contribution in [0.3, 0.4) is 0 Å². The Labute approximate surface area is 102 Å². The summed E-state index contributed by atoms with van der Waals surface area (Å²) in [6, 6.07) is 6.32. The second-order valence-electron chi connectivity index (χ2n) is 3.55. The molecular formula is C12H17NO3S. The van der Waals surface area contributed by atoms with Gasteiger partial charge >= 0.3 is 0 Å². The van der Waals surface area contributed by atoms with Crippen molar-refractivity contribution in [3.63, 3.8) is 0 Å². The molecule has 5 heteroatoms. The first-order chi connectivity index (χ1) is 8.06. The topological polar surface area (TPSA) is 57.6 Å². The van der Waals surface area contributed by atoms with Crippen LogP contribution in [0, 0.1) is 0 Å². The number of hydrogen-bond acceptors (Lipinski definition) is 3. The first-order valence-corrected chi connectivity index (χ1v) is 6.81. The zero-order valence-electron chi connectivity index (χ0n) is 9.83. The van der Waals surface area contributed by atoms with Gasteiger partial charge in [-0.3, -0.25) is 0 Å². The Morgan fingerprint density at radius 2 is 2.18 bits per heavy atom. The van der Waals surface area contributed by atoms with E-state index in [1.807, 2.05) is 0 Å². The van der Waals surface area contributed by atoms with E-state index in [0.717, 1.165) is 0 Å². The lowest BCUT2D eigenvalue weighted by atomic mass is 10.2. The molecule has 0 saturated carbocycles. The van der Waals surface area contributed by atoms with Crippen molar-refractivity contribution >= 4 is 10.0 Å². The van der Waals surface area contributed by atoms with Gasteiger partial charge in [-0.25, -0.2) is 8.42 Å². The number of aliphatic hydroxyl groups excluding tert-OH is 1. The number of sulfonamides is 1. The van der Waals surface area contributed by atoms with Gasteiger partial charge in [-0.15, -0.1) is 6.58 Å². The van der Waals surface area contributed by atoms with Crippen molar-refractivity contribution in [2.75, 3.05) is 13.1 Å². The highest BCUT2D eigenvalue weighted by Gasteiger charge is 2.21. The summed E-state index contributed by atoms with van der Waals surface area (Å²) in [7, 11) is -3.49. The molecule has 0 amide bonds. The van der Waals surface area contributed by atoms with Gasteiger partial charge in [-0.05, 0) is 17.7 Å². The minimum absolute atomic E-state index is 0.170. The SMILES string of the molecule is C=CCN(CC)S(=O)(=O)c1cccc(CO)c1. The fourth-order valence-electron chi connectivity index (χ4n) is 1.49. The van der Waals surface area contributed by atoms with Crippen LogP contribution < -0.4 is 0 Å².